The highest BCUT2D eigenvalue weighted by Crippen LogP contribution is 2.47. The predicted molar refractivity (Wildman–Crippen MR) is 70.7 cm³/mol. The lowest BCUT2D eigenvalue weighted by Gasteiger charge is -1.98. The van der Waals surface area contributed by atoms with Gasteiger partial charge in [0.15, 0.2) is 0 Å². The molecule has 0 atom stereocenters. The summed E-state index contributed by atoms with van der Waals surface area (Å²) in [6, 6.07) is 5.44. The minimum Gasteiger partial charge on any atom is -0.488 e. The zero-order valence-corrected chi connectivity index (χ0v) is 11.1. The van der Waals surface area contributed by atoms with E-state index in [4.69, 9.17) is 13.9 Å². The van der Waals surface area contributed by atoms with Crippen molar-refractivity contribution < 1.29 is 23.9 Å². The van der Waals surface area contributed by atoms with E-state index in [0.29, 0.717) is 5.69 Å². The molecule has 0 radical (unpaired) electrons. The van der Waals surface area contributed by atoms with Crippen LogP contribution in [0.2, 0.25) is 0 Å². The van der Waals surface area contributed by atoms with E-state index in [1.807, 2.05) is 0 Å². The van der Waals surface area contributed by atoms with Crippen LogP contribution < -0.4 is 9.47 Å². The van der Waals surface area contributed by atoms with Crippen molar-refractivity contribution in [1.29, 1.82) is 0 Å². The molecule has 1 N–H and O–H groups in total. The minimum absolute atomic E-state index is 0.00940. The van der Waals surface area contributed by atoms with Gasteiger partial charge in [-0.15, -0.1) is 10.2 Å². The number of hydrogen-bond donors (Lipinski definition) is 1. The molecule has 0 saturated heterocycles. The van der Waals surface area contributed by atoms with Crippen LogP contribution in [-0.4, -0.2) is 24.2 Å². The molecule has 1 aromatic heterocycles. The SMILES string of the molecule is COc1c(O)oc(N=Nc2ccc([N+](=O)[O-])cc2)c1OC. The van der Waals surface area contributed by atoms with Crippen molar-refractivity contribution in [3.8, 4) is 17.4 Å². The Balaban J connectivity index is 2.27. The summed E-state index contributed by atoms with van der Waals surface area (Å²) < 4.78 is 14.8. The van der Waals surface area contributed by atoms with Crippen LogP contribution in [0.15, 0.2) is 38.9 Å². The van der Waals surface area contributed by atoms with Gasteiger partial charge in [0.25, 0.3) is 11.6 Å². The van der Waals surface area contributed by atoms with E-state index in [1.54, 1.807) is 0 Å². The topological polar surface area (TPSA) is 120 Å². The predicted octanol–water partition coefficient (Wildman–Crippen LogP) is 3.33. The van der Waals surface area contributed by atoms with Crippen molar-refractivity contribution in [2.75, 3.05) is 14.2 Å². The van der Waals surface area contributed by atoms with Gasteiger partial charge in [0.1, 0.15) is 0 Å². The number of non-ortho nitro benzene ring substituents is 1. The van der Waals surface area contributed by atoms with E-state index in [0.717, 1.165) is 0 Å². The summed E-state index contributed by atoms with van der Waals surface area (Å²) in [4.78, 5) is 10.0. The lowest BCUT2D eigenvalue weighted by atomic mass is 10.3. The summed E-state index contributed by atoms with van der Waals surface area (Å²) in [6.07, 6.45) is 0. The number of ether oxygens (including phenoxy) is 2. The molecular formula is C12H11N3O6. The Morgan fingerprint density at radius 3 is 2.29 bits per heavy atom. The monoisotopic (exact) mass is 293 g/mol. The number of benzene rings is 1. The third-order valence-corrected chi connectivity index (χ3v) is 2.51. The molecule has 2 rings (SSSR count). The van der Waals surface area contributed by atoms with Gasteiger partial charge in [0.05, 0.1) is 24.8 Å². The van der Waals surface area contributed by atoms with E-state index >= 15 is 0 Å². The molecule has 2 aromatic rings. The van der Waals surface area contributed by atoms with E-state index in [1.165, 1.54) is 38.5 Å². The van der Waals surface area contributed by atoms with Crippen LogP contribution in [0.25, 0.3) is 0 Å². The average Bonchev–Trinajstić information content (AvgIpc) is 2.80. The quantitative estimate of drug-likeness (QED) is 0.513. The van der Waals surface area contributed by atoms with Crippen LogP contribution >= 0.6 is 0 Å². The molecule has 0 aliphatic heterocycles. The van der Waals surface area contributed by atoms with Gasteiger partial charge in [-0.1, -0.05) is 0 Å². The van der Waals surface area contributed by atoms with Crippen molar-refractivity contribution in [1.82, 2.24) is 0 Å². The summed E-state index contributed by atoms with van der Waals surface area (Å²) in [5, 5.41) is 27.6. The fraction of sp³-hybridized carbons (Fsp3) is 0.167. The molecule has 0 aliphatic carbocycles. The summed E-state index contributed by atoms with van der Waals surface area (Å²) in [5.74, 6) is -0.451. The molecule has 0 unspecified atom stereocenters. The Morgan fingerprint density at radius 2 is 1.76 bits per heavy atom. The Hall–Kier alpha value is -3.10. The summed E-state index contributed by atoms with van der Waals surface area (Å²) in [5.41, 5.74) is 0.321. The van der Waals surface area contributed by atoms with Crippen LogP contribution in [0, 0.1) is 10.1 Å². The van der Waals surface area contributed by atoms with Crippen molar-refractivity contribution >= 4 is 17.3 Å². The minimum atomic E-state index is -0.515. The molecule has 9 heteroatoms. The van der Waals surface area contributed by atoms with Gasteiger partial charge < -0.3 is 19.0 Å². The lowest BCUT2D eigenvalue weighted by Crippen LogP contribution is -1.86. The van der Waals surface area contributed by atoms with Crippen LogP contribution in [0.3, 0.4) is 0 Å². The highest BCUT2D eigenvalue weighted by atomic mass is 16.6. The standard InChI is InChI=1S/C12H11N3O6/c1-19-9-10(20-2)12(16)21-11(9)14-13-7-3-5-8(6-4-7)15(17)18/h3-6,16H,1-2H3. The van der Waals surface area contributed by atoms with E-state index in [2.05, 4.69) is 10.2 Å². The number of methoxy groups -OCH3 is 2. The Kier molecular flexibility index (Phi) is 4.02. The molecule has 0 spiro atoms. The number of nitro groups is 1. The molecule has 110 valence electrons. The second-order valence-electron chi connectivity index (χ2n) is 3.75. The fourth-order valence-electron chi connectivity index (χ4n) is 1.55. The number of azo groups is 1. The average molecular weight is 293 g/mol. The maximum atomic E-state index is 10.5. The first-order chi connectivity index (χ1) is 10.1. The second kappa shape index (κ2) is 5.90. The maximum absolute atomic E-state index is 10.5. The van der Waals surface area contributed by atoms with Gasteiger partial charge in [0.2, 0.25) is 11.5 Å². The highest BCUT2D eigenvalue weighted by Gasteiger charge is 2.22. The number of hydrogen-bond acceptors (Lipinski definition) is 8. The number of aromatic hydroxyl groups is 1. The number of nitrogens with zero attached hydrogens (tertiary/aromatic N) is 3. The van der Waals surface area contributed by atoms with Crippen LogP contribution in [0.4, 0.5) is 17.3 Å². The van der Waals surface area contributed by atoms with Crippen molar-refractivity contribution in [3.05, 3.63) is 34.4 Å². The molecule has 21 heavy (non-hydrogen) atoms. The molecule has 1 heterocycles. The second-order valence-corrected chi connectivity index (χ2v) is 3.75. The molecule has 1 aromatic carbocycles. The molecule has 0 amide bonds. The zero-order chi connectivity index (χ0) is 15.4. The van der Waals surface area contributed by atoms with Gasteiger partial charge >= 0.3 is 5.95 Å². The molecule has 0 saturated carbocycles. The zero-order valence-electron chi connectivity index (χ0n) is 11.1. The van der Waals surface area contributed by atoms with Gasteiger partial charge in [0, 0.05) is 12.1 Å². The number of rotatable bonds is 5. The molecule has 0 bridgehead atoms. The third-order valence-electron chi connectivity index (χ3n) is 2.51. The van der Waals surface area contributed by atoms with Gasteiger partial charge in [-0.3, -0.25) is 10.1 Å². The highest BCUT2D eigenvalue weighted by molar-refractivity contribution is 5.58. The van der Waals surface area contributed by atoms with Crippen LogP contribution in [-0.2, 0) is 0 Å². The third kappa shape index (κ3) is 2.91. The normalized spacial score (nSPS) is 10.8. The van der Waals surface area contributed by atoms with Gasteiger partial charge in [-0.2, -0.15) is 0 Å². The number of furan rings is 1. The number of nitro benzene ring substituents is 1. The molecule has 9 nitrogen and oxygen atoms in total. The Bertz CT molecular complexity index is 677. The van der Waals surface area contributed by atoms with Crippen LogP contribution in [0.5, 0.6) is 17.4 Å². The summed E-state index contributed by atoms with van der Waals surface area (Å²) >= 11 is 0. The largest absolute Gasteiger partial charge is 0.488 e. The van der Waals surface area contributed by atoms with Gasteiger partial charge in [-0.25, -0.2) is 0 Å². The molecular weight excluding hydrogens is 282 g/mol. The lowest BCUT2D eigenvalue weighted by molar-refractivity contribution is -0.384. The van der Waals surface area contributed by atoms with E-state index < -0.39 is 10.9 Å². The summed E-state index contributed by atoms with van der Waals surface area (Å²) in [7, 11) is 2.70. The maximum Gasteiger partial charge on any atom is 0.332 e. The first-order valence-electron chi connectivity index (χ1n) is 5.66. The van der Waals surface area contributed by atoms with E-state index in [-0.39, 0.29) is 23.1 Å². The summed E-state index contributed by atoms with van der Waals surface area (Å²) in [6.45, 7) is 0. The van der Waals surface area contributed by atoms with E-state index in [9.17, 15) is 15.2 Å². The molecule has 0 fully saturated rings. The first kappa shape index (κ1) is 14.3. The first-order valence-corrected chi connectivity index (χ1v) is 5.66. The molecule has 0 aliphatic rings. The van der Waals surface area contributed by atoms with Crippen molar-refractivity contribution in [2.24, 2.45) is 10.2 Å². The Morgan fingerprint density at radius 1 is 1.14 bits per heavy atom. The Labute approximate surface area is 118 Å². The van der Waals surface area contributed by atoms with Gasteiger partial charge in [-0.05, 0) is 12.1 Å². The fourth-order valence-corrected chi connectivity index (χ4v) is 1.55. The van der Waals surface area contributed by atoms with Crippen molar-refractivity contribution in [2.45, 2.75) is 0 Å². The van der Waals surface area contributed by atoms with Crippen molar-refractivity contribution in [3.63, 3.8) is 0 Å². The smallest absolute Gasteiger partial charge is 0.332 e. The van der Waals surface area contributed by atoms with Crippen LogP contribution in [0.1, 0.15) is 0 Å².